The quantitative estimate of drug-likeness (QED) is 0.930. The van der Waals surface area contributed by atoms with E-state index in [1.54, 1.807) is 7.11 Å². The van der Waals surface area contributed by atoms with Crippen molar-refractivity contribution >= 4 is 0 Å². The van der Waals surface area contributed by atoms with Crippen molar-refractivity contribution in [1.82, 2.24) is 0 Å². The van der Waals surface area contributed by atoms with Crippen molar-refractivity contribution in [2.45, 2.75) is 25.9 Å². The first-order valence-electron chi connectivity index (χ1n) is 6.64. The van der Waals surface area contributed by atoms with Crippen LogP contribution in [0.5, 0.6) is 5.75 Å². The summed E-state index contributed by atoms with van der Waals surface area (Å²) in [4.78, 5) is 0. The van der Waals surface area contributed by atoms with Crippen molar-refractivity contribution < 1.29 is 18.6 Å². The molecule has 0 spiro atoms. The molecule has 1 N–H and O–H groups in total. The van der Waals surface area contributed by atoms with Gasteiger partial charge in [0.1, 0.15) is 17.4 Å². The van der Waals surface area contributed by atoms with Crippen LogP contribution in [-0.4, -0.2) is 12.2 Å². The van der Waals surface area contributed by atoms with Crippen LogP contribution in [-0.2, 0) is 12.0 Å². The minimum Gasteiger partial charge on any atom is -0.496 e. The fraction of sp³-hybridized carbons (Fsp3) is 0.294. The molecule has 21 heavy (non-hydrogen) atoms. The van der Waals surface area contributed by atoms with E-state index < -0.39 is 17.2 Å². The van der Waals surface area contributed by atoms with Gasteiger partial charge in [0, 0.05) is 12.5 Å². The van der Waals surface area contributed by atoms with Gasteiger partial charge >= 0.3 is 0 Å². The van der Waals surface area contributed by atoms with E-state index in [-0.39, 0.29) is 12.0 Å². The van der Waals surface area contributed by atoms with E-state index in [0.29, 0.717) is 5.75 Å². The SMILES string of the molecule is COc1ccc(C)cc1CC(C)(O)c1cc(F)cc(F)c1. The van der Waals surface area contributed by atoms with Crippen LogP contribution < -0.4 is 4.74 Å². The molecule has 0 saturated carbocycles. The molecule has 4 heteroatoms. The number of aryl methyl sites for hydroxylation is 1. The second kappa shape index (κ2) is 5.82. The largest absolute Gasteiger partial charge is 0.496 e. The molecule has 0 fully saturated rings. The summed E-state index contributed by atoms with van der Waals surface area (Å²) in [7, 11) is 1.55. The van der Waals surface area contributed by atoms with Crippen LogP contribution >= 0.6 is 0 Å². The van der Waals surface area contributed by atoms with Crippen LogP contribution in [0.15, 0.2) is 36.4 Å². The van der Waals surface area contributed by atoms with Crippen LogP contribution in [0.1, 0.15) is 23.6 Å². The van der Waals surface area contributed by atoms with E-state index >= 15 is 0 Å². The maximum Gasteiger partial charge on any atom is 0.126 e. The Hall–Kier alpha value is -1.94. The standard InChI is InChI=1S/C17H18F2O2/c1-11-4-5-16(21-3)12(6-11)10-17(2,20)13-7-14(18)9-15(19)8-13/h4-9,20H,10H2,1-3H3. The zero-order chi connectivity index (χ0) is 15.6. The van der Waals surface area contributed by atoms with Crippen LogP contribution in [0.25, 0.3) is 0 Å². The maximum absolute atomic E-state index is 13.3. The molecular formula is C17H18F2O2. The Morgan fingerprint density at radius 1 is 1.10 bits per heavy atom. The molecule has 0 radical (unpaired) electrons. The molecule has 0 amide bonds. The third-order valence-corrected chi connectivity index (χ3v) is 3.46. The summed E-state index contributed by atoms with van der Waals surface area (Å²) in [5, 5.41) is 10.6. The fourth-order valence-electron chi connectivity index (χ4n) is 2.38. The normalized spacial score (nSPS) is 13.8. The molecule has 2 aromatic rings. The topological polar surface area (TPSA) is 29.5 Å². The van der Waals surface area contributed by atoms with Crippen LogP contribution in [0.3, 0.4) is 0 Å². The van der Waals surface area contributed by atoms with Gasteiger partial charge in [0.05, 0.1) is 12.7 Å². The zero-order valence-corrected chi connectivity index (χ0v) is 12.3. The van der Waals surface area contributed by atoms with Crippen LogP contribution in [0.4, 0.5) is 8.78 Å². The first-order valence-corrected chi connectivity index (χ1v) is 6.64. The smallest absolute Gasteiger partial charge is 0.126 e. The predicted octanol–water partition coefficient (Wildman–Crippen LogP) is 3.73. The summed E-state index contributed by atoms with van der Waals surface area (Å²) in [5.41, 5.74) is 0.604. The molecule has 0 aliphatic carbocycles. The molecule has 1 unspecified atom stereocenters. The van der Waals surface area contributed by atoms with Crippen molar-refractivity contribution in [1.29, 1.82) is 0 Å². The number of benzene rings is 2. The minimum atomic E-state index is -1.40. The number of ether oxygens (including phenoxy) is 1. The van der Waals surface area contributed by atoms with Gasteiger partial charge in [0.2, 0.25) is 0 Å². The van der Waals surface area contributed by atoms with E-state index in [1.807, 2.05) is 25.1 Å². The van der Waals surface area contributed by atoms with Crippen molar-refractivity contribution in [3.63, 3.8) is 0 Å². The lowest BCUT2D eigenvalue weighted by Gasteiger charge is -2.25. The molecule has 0 aliphatic heterocycles. The van der Waals surface area contributed by atoms with Gasteiger partial charge in [-0.25, -0.2) is 8.78 Å². The Morgan fingerprint density at radius 3 is 2.29 bits per heavy atom. The van der Waals surface area contributed by atoms with Gasteiger partial charge in [0.15, 0.2) is 0 Å². The van der Waals surface area contributed by atoms with Gasteiger partial charge in [0.25, 0.3) is 0 Å². The first kappa shape index (κ1) is 15.4. The molecular weight excluding hydrogens is 274 g/mol. The van der Waals surface area contributed by atoms with Gasteiger partial charge in [-0.1, -0.05) is 17.7 Å². The summed E-state index contributed by atoms with van der Waals surface area (Å²) >= 11 is 0. The lowest BCUT2D eigenvalue weighted by molar-refractivity contribution is 0.0562. The van der Waals surface area contributed by atoms with E-state index in [2.05, 4.69) is 0 Å². The number of aliphatic hydroxyl groups is 1. The highest BCUT2D eigenvalue weighted by Crippen LogP contribution is 2.31. The van der Waals surface area contributed by atoms with Gasteiger partial charge in [-0.2, -0.15) is 0 Å². The number of hydrogen-bond acceptors (Lipinski definition) is 2. The predicted molar refractivity (Wildman–Crippen MR) is 77.4 cm³/mol. The van der Waals surface area contributed by atoms with E-state index in [0.717, 1.165) is 29.3 Å². The molecule has 0 heterocycles. The van der Waals surface area contributed by atoms with Crippen LogP contribution in [0.2, 0.25) is 0 Å². The number of rotatable bonds is 4. The number of halogens is 2. The lowest BCUT2D eigenvalue weighted by atomic mass is 9.88. The second-order valence-electron chi connectivity index (χ2n) is 5.42. The van der Waals surface area contributed by atoms with Crippen molar-refractivity contribution in [2.75, 3.05) is 7.11 Å². The second-order valence-corrected chi connectivity index (χ2v) is 5.42. The fourth-order valence-corrected chi connectivity index (χ4v) is 2.38. The molecule has 112 valence electrons. The Balaban J connectivity index is 2.38. The van der Waals surface area contributed by atoms with E-state index in [1.165, 1.54) is 6.92 Å². The molecule has 1 atom stereocenters. The summed E-state index contributed by atoms with van der Waals surface area (Å²) in [6.07, 6.45) is 0.195. The van der Waals surface area contributed by atoms with Gasteiger partial charge in [-0.05, 0) is 43.2 Å². The molecule has 2 aromatic carbocycles. The molecule has 0 aliphatic rings. The molecule has 0 bridgehead atoms. The summed E-state index contributed by atoms with van der Waals surface area (Å²) < 4.78 is 31.9. The zero-order valence-electron chi connectivity index (χ0n) is 12.3. The third kappa shape index (κ3) is 3.58. The summed E-state index contributed by atoms with van der Waals surface area (Å²) in [6.45, 7) is 3.46. The van der Waals surface area contributed by atoms with E-state index in [9.17, 15) is 13.9 Å². The lowest BCUT2D eigenvalue weighted by Crippen LogP contribution is -2.25. The molecule has 0 aromatic heterocycles. The van der Waals surface area contributed by atoms with Crippen molar-refractivity contribution in [2.24, 2.45) is 0 Å². The summed E-state index contributed by atoms with van der Waals surface area (Å²) in [6, 6.07) is 8.68. The minimum absolute atomic E-state index is 0.195. The average Bonchev–Trinajstić information content (AvgIpc) is 2.37. The van der Waals surface area contributed by atoms with Gasteiger partial charge in [-0.15, -0.1) is 0 Å². The van der Waals surface area contributed by atoms with Crippen molar-refractivity contribution in [3.05, 3.63) is 64.7 Å². The number of hydrogen-bond donors (Lipinski definition) is 1. The highest BCUT2D eigenvalue weighted by Gasteiger charge is 2.26. The van der Waals surface area contributed by atoms with Gasteiger partial charge in [-0.3, -0.25) is 0 Å². The Bertz CT molecular complexity index is 631. The highest BCUT2D eigenvalue weighted by atomic mass is 19.1. The molecule has 2 nitrogen and oxygen atoms in total. The molecule has 2 rings (SSSR count). The van der Waals surface area contributed by atoms with Crippen LogP contribution in [0, 0.1) is 18.6 Å². The van der Waals surface area contributed by atoms with Gasteiger partial charge < -0.3 is 9.84 Å². The number of methoxy groups -OCH3 is 1. The summed E-state index contributed by atoms with van der Waals surface area (Å²) in [5.74, 6) is -0.777. The third-order valence-electron chi connectivity index (χ3n) is 3.46. The maximum atomic E-state index is 13.3. The Labute approximate surface area is 123 Å². The monoisotopic (exact) mass is 292 g/mol. The van der Waals surface area contributed by atoms with E-state index in [4.69, 9.17) is 4.74 Å². The average molecular weight is 292 g/mol. The first-order chi connectivity index (χ1) is 9.81. The highest BCUT2D eigenvalue weighted by molar-refractivity contribution is 5.39. The Kier molecular flexibility index (Phi) is 4.28. The Morgan fingerprint density at radius 2 is 1.71 bits per heavy atom. The molecule has 0 saturated heterocycles. The van der Waals surface area contributed by atoms with Crippen molar-refractivity contribution in [3.8, 4) is 5.75 Å².